The standard InChI is InChI=1S/C14H10FN3O2/c15-10-5-3-9(4-6-10)14(19)16-13-8-11(17-18-13)12-2-1-7-20-12/h1-8H,(H2,16,17,18,19). The highest BCUT2D eigenvalue weighted by atomic mass is 19.1. The molecule has 2 aromatic heterocycles. The first kappa shape index (κ1) is 12.2. The smallest absolute Gasteiger partial charge is 0.256 e. The summed E-state index contributed by atoms with van der Waals surface area (Å²) in [5.41, 5.74) is 1.01. The minimum atomic E-state index is -0.388. The zero-order valence-corrected chi connectivity index (χ0v) is 10.3. The van der Waals surface area contributed by atoms with Crippen molar-refractivity contribution < 1.29 is 13.6 Å². The Hall–Kier alpha value is -2.89. The number of benzene rings is 1. The highest BCUT2D eigenvalue weighted by Gasteiger charge is 2.10. The minimum Gasteiger partial charge on any atom is -0.463 e. The van der Waals surface area contributed by atoms with Crippen LogP contribution in [0.25, 0.3) is 11.5 Å². The molecule has 3 aromatic rings. The number of furan rings is 1. The van der Waals surface area contributed by atoms with Gasteiger partial charge in [0.15, 0.2) is 11.6 Å². The molecule has 2 N–H and O–H groups in total. The van der Waals surface area contributed by atoms with Crippen molar-refractivity contribution in [3.05, 3.63) is 60.1 Å². The summed E-state index contributed by atoms with van der Waals surface area (Å²) in [7, 11) is 0. The number of aromatic amines is 1. The van der Waals surface area contributed by atoms with Crippen molar-refractivity contribution in [3.63, 3.8) is 0 Å². The number of anilines is 1. The number of amides is 1. The Kier molecular flexibility index (Phi) is 3.04. The molecule has 0 saturated carbocycles. The summed E-state index contributed by atoms with van der Waals surface area (Å²) < 4.78 is 18.0. The summed E-state index contributed by atoms with van der Waals surface area (Å²) >= 11 is 0. The van der Waals surface area contributed by atoms with E-state index in [1.807, 2.05) is 0 Å². The van der Waals surface area contributed by atoms with Crippen molar-refractivity contribution in [1.82, 2.24) is 10.2 Å². The fourth-order valence-corrected chi connectivity index (χ4v) is 1.73. The topological polar surface area (TPSA) is 70.9 Å². The molecule has 0 aliphatic carbocycles. The third kappa shape index (κ3) is 2.44. The molecule has 1 aromatic carbocycles. The molecule has 0 bridgehead atoms. The molecule has 0 fully saturated rings. The number of hydrogen-bond acceptors (Lipinski definition) is 3. The van der Waals surface area contributed by atoms with Gasteiger partial charge in [-0.25, -0.2) is 4.39 Å². The summed E-state index contributed by atoms with van der Waals surface area (Å²) in [5.74, 6) is 0.245. The maximum Gasteiger partial charge on any atom is 0.256 e. The normalized spacial score (nSPS) is 10.4. The number of halogens is 1. The molecule has 0 spiro atoms. The fraction of sp³-hybridized carbons (Fsp3) is 0. The molecule has 1 amide bonds. The molecule has 0 unspecified atom stereocenters. The van der Waals surface area contributed by atoms with Gasteiger partial charge in [0.2, 0.25) is 0 Å². The maximum atomic E-state index is 12.8. The van der Waals surface area contributed by atoms with Gasteiger partial charge in [-0.15, -0.1) is 0 Å². The van der Waals surface area contributed by atoms with Crippen LogP contribution in [0.5, 0.6) is 0 Å². The van der Waals surface area contributed by atoms with Gasteiger partial charge < -0.3 is 9.73 Å². The van der Waals surface area contributed by atoms with Crippen molar-refractivity contribution in [2.45, 2.75) is 0 Å². The van der Waals surface area contributed by atoms with E-state index >= 15 is 0 Å². The Morgan fingerprint density at radius 3 is 2.75 bits per heavy atom. The Morgan fingerprint density at radius 2 is 2.05 bits per heavy atom. The quantitative estimate of drug-likeness (QED) is 0.769. The Balaban J connectivity index is 1.75. The van der Waals surface area contributed by atoms with Gasteiger partial charge >= 0.3 is 0 Å². The number of nitrogens with one attached hydrogen (secondary N) is 2. The molecule has 0 aliphatic rings. The van der Waals surface area contributed by atoms with E-state index in [0.29, 0.717) is 22.8 Å². The van der Waals surface area contributed by atoms with Gasteiger partial charge in [0.05, 0.1) is 6.26 Å². The van der Waals surface area contributed by atoms with Crippen LogP contribution >= 0.6 is 0 Å². The summed E-state index contributed by atoms with van der Waals surface area (Å²) in [6.07, 6.45) is 1.55. The van der Waals surface area contributed by atoms with Crippen molar-refractivity contribution >= 4 is 11.7 Å². The van der Waals surface area contributed by atoms with Crippen molar-refractivity contribution in [1.29, 1.82) is 0 Å². The Morgan fingerprint density at radius 1 is 1.25 bits per heavy atom. The molecule has 0 atom stereocenters. The van der Waals surface area contributed by atoms with E-state index in [2.05, 4.69) is 15.5 Å². The van der Waals surface area contributed by atoms with Crippen molar-refractivity contribution in [2.75, 3.05) is 5.32 Å². The molecule has 0 aliphatic heterocycles. The third-order valence-electron chi connectivity index (χ3n) is 2.71. The van der Waals surface area contributed by atoms with Gasteiger partial charge in [0.25, 0.3) is 5.91 Å². The summed E-state index contributed by atoms with van der Waals surface area (Å²) in [6, 6.07) is 10.5. The molecule has 5 nitrogen and oxygen atoms in total. The lowest BCUT2D eigenvalue weighted by Gasteiger charge is -2.00. The van der Waals surface area contributed by atoms with Gasteiger partial charge in [-0.05, 0) is 36.4 Å². The van der Waals surface area contributed by atoms with Crippen LogP contribution in [0.4, 0.5) is 10.2 Å². The first-order valence-electron chi connectivity index (χ1n) is 5.88. The van der Waals surface area contributed by atoms with Crippen LogP contribution < -0.4 is 5.32 Å². The van der Waals surface area contributed by atoms with Crippen LogP contribution in [0.3, 0.4) is 0 Å². The monoisotopic (exact) mass is 271 g/mol. The molecule has 3 rings (SSSR count). The number of aromatic nitrogens is 2. The van der Waals surface area contributed by atoms with Gasteiger partial charge in [-0.2, -0.15) is 5.10 Å². The van der Waals surface area contributed by atoms with Gasteiger partial charge in [-0.3, -0.25) is 9.89 Å². The molecule has 0 radical (unpaired) electrons. The van der Waals surface area contributed by atoms with E-state index in [-0.39, 0.29) is 11.7 Å². The lowest BCUT2D eigenvalue weighted by atomic mass is 10.2. The molecule has 0 saturated heterocycles. The van der Waals surface area contributed by atoms with E-state index in [9.17, 15) is 9.18 Å². The summed E-state index contributed by atoms with van der Waals surface area (Å²) in [4.78, 5) is 11.9. The average Bonchev–Trinajstić information content (AvgIpc) is 3.09. The average molecular weight is 271 g/mol. The molecular formula is C14H10FN3O2. The van der Waals surface area contributed by atoms with E-state index in [1.165, 1.54) is 24.3 Å². The van der Waals surface area contributed by atoms with Crippen LogP contribution in [0.2, 0.25) is 0 Å². The van der Waals surface area contributed by atoms with Crippen LogP contribution in [0, 0.1) is 5.82 Å². The second-order valence-corrected chi connectivity index (χ2v) is 4.11. The van der Waals surface area contributed by atoms with Crippen LogP contribution in [0.1, 0.15) is 10.4 Å². The SMILES string of the molecule is O=C(Nc1cc(-c2ccco2)[nH]n1)c1ccc(F)cc1. The number of H-pyrrole nitrogens is 1. The first-order chi connectivity index (χ1) is 9.72. The maximum absolute atomic E-state index is 12.8. The summed E-state index contributed by atoms with van der Waals surface area (Å²) in [6.45, 7) is 0. The van der Waals surface area contributed by atoms with Gasteiger partial charge in [-0.1, -0.05) is 0 Å². The van der Waals surface area contributed by atoms with Crippen molar-refractivity contribution in [3.8, 4) is 11.5 Å². The zero-order valence-electron chi connectivity index (χ0n) is 10.3. The van der Waals surface area contributed by atoms with Gasteiger partial charge in [0.1, 0.15) is 11.5 Å². The van der Waals surface area contributed by atoms with Crippen molar-refractivity contribution in [2.24, 2.45) is 0 Å². The van der Waals surface area contributed by atoms with Gasteiger partial charge in [0, 0.05) is 11.6 Å². The second-order valence-electron chi connectivity index (χ2n) is 4.11. The van der Waals surface area contributed by atoms with Crippen LogP contribution in [-0.2, 0) is 0 Å². The predicted molar refractivity (Wildman–Crippen MR) is 70.6 cm³/mol. The van der Waals surface area contributed by atoms with Crippen LogP contribution in [0.15, 0.2) is 53.1 Å². The molecule has 100 valence electrons. The summed E-state index contributed by atoms with van der Waals surface area (Å²) in [5, 5.41) is 9.33. The lowest BCUT2D eigenvalue weighted by Crippen LogP contribution is -2.12. The molecule has 20 heavy (non-hydrogen) atoms. The number of rotatable bonds is 3. The van der Waals surface area contributed by atoms with Crippen LogP contribution in [-0.4, -0.2) is 16.1 Å². The number of carbonyl (C=O) groups excluding carboxylic acids is 1. The lowest BCUT2D eigenvalue weighted by molar-refractivity contribution is 0.102. The van der Waals surface area contributed by atoms with E-state index in [1.54, 1.807) is 24.5 Å². The highest BCUT2D eigenvalue weighted by Crippen LogP contribution is 2.20. The number of hydrogen-bond donors (Lipinski definition) is 2. The molecule has 2 heterocycles. The number of nitrogens with zero attached hydrogens (tertiary/aromatic N) is 1. The predicted octanol–water partition coefficient (Wildman–Crippen LogP) is 3.06. The highest BCUT2D eigenvalue weighted by molar-refractivity contribution is 6.03. The fourth-order valence-electron chi connectivity index (χ4n) is 1.73. The van der Waals surface area contributed by atoms with E-state index in [4.69, 9.17) is 4.42 Å². The second kappa shape index (κ2) is 5.00. The molecular weight excluding hydrogens is 261 g/mol. The van der Waals surface area contributed by atoms with E-state index < -0.39 is 0 Å². The number of carbonyl (C=O) groups is 1. The first-order valence-corrected chi connectivity index (χ1v) is 5.88. The minimum absolute atomic E-state index is 0.356. The third-order valence-corrected chi connectivity index (χ3v) is 2.71. The Labute approximate surface area is 113 Å². The zero-order chi connectivity index (χ0) is 13.9. The molecule has 6 heteroatoms. The van der Waals surface area contributed by atoms with E-state index in [0.717, 1.165) is 0 Å². The Bertz CT molecular complexity index is 717. The largest absolute Gasteiger partial charge is 0.463 e.